The third-order valence-electron chi connectivity index (χ3n) is 3.09. The lowest BCUT2D eigenvalue weighted by Crippen LogP contribution is -2.41. The van der Waals surface area contributed by atoms with Crippen molar-refractivity contribution in [2.45, 2.75) is 32.8 Å². The van der Waals surface area contributed by atoms with E-state index in [1.54, 1.807) is 20.2 Å². The number of pyridine rings is 1. The van der Waals surface area contributed by atoms with Gasteiger partial charge in [0.25, 0.3) is 5.91 Å². The molecule has 0 aliphatic carbocycles. The van der Waals surface area contributed by atoms with Gasteiger partial charge in [0, 0.05) is 12.7 Å². The highest BCUT2D eigenvalue weighted by Gasteiger charge is 2.31. The number of aromatic nitrogens is 1. The Labute approximate surface area is 108 Å². The zero-order chi connectivity index (χ0) is 13.8. The second kappa shape index (κ2) is 5.82. The predicted molar refractivity (Wildman–Crippen MR) is 69.9 cm³/mol. The summed E-state index contributed by atoms with van der Waals surface area (Å²) in [6, 6.07) is 1.81. The van der Waals surface area contributed by atoms with Crippen LogP contribution in [0.15, 0.2) is 12.3 Å². The van der Waals surface area contributed by atoms with Gasteiger partial charge in [-0.3, -0.25) is 4.79 Å². The molecular weight excluding hydrogens is 232 g/mol. The zero-order valence-corrected chi connectivity index (χ0v) is 11.5. The number of aryl methyl sites for hydroxylation is 1. The van der Waals surface area contributed by atoms with Crippen LogP contribution in [0.3, 0.4) is 0 Å². The average Bonchev–Trinajstić information content (AvgIpc) is 2.38. The van der Waals surface area contributed by atoms with Crippen LogP contribution in [-0.4, -0.2) is 30.7 Å². The largest absolute Gasteiger partial charge is 0.481 e. The van der Waals surface area contributed by atoms with Gasteiger partial charge in [-0.05, 0) is 26.3 Å². The maximum absolute atomic E-state index is 12.1. The van der Waals surface area contributed by atoms with Crippen LogP contribution in [0.25, 0.3) is 0 Å². The Morgan fingerprint density at radius 1 is 1.50 bits per heavy atom. The van der Waals surface area contributed by atoms with Gasteiger partial charge in [0.05, 0.1) is 19.0 Å². The van der Waals surface area contributed by atoms with Crippen molar-refractivity contribution in [3.05, 3.63) is 17.8 Å². The molecule has 0 saturated heterocycles. The van der Waals surface area contributed by atoms with Crippen molar-refractivity contribution in [2.24, 2.45) is 0 Å². The minimum absolute atomic E-state index is 0.182. The molecule has 1 heterocycles. The zero-order valence-electron chi connectivity index (χ0n) is 11.5. The van der Waals surface area contributed by atoms with Crippen LogP contribution in [0, 0.1) is 6.92 Å². The fourth-order valence-electron chi connectivity index (χ4n) is 1.51. The fourth-order valence-corrected chi connectivity index (χ4v) is 1.51. The predicted octanol–water partition coefficient (Wildman–Crippen LogP) is 2.15. The summed E-state index contributed by atoms with van der Waals surface area (Å²) in [4.78, 5) is 16.2. The van der Waals surface area contributed by atoms with Crippen molar-refractivity contribution in [3.63, 3.8) is 0 Å². The molecule has 1 aromatic heterocycles. The minimum Gasteiger partial charge on any atom is -0.481 e. The first-order valence-corrected chi connectivity index (χ1v) is 5.84. The number of hydrogen-bond acceptors (Lipinski definition) is 4. The molecule has 0 unspecified atom stereocenters. The first-order valence-electron chi connectivity index (χ1n) is 5.84. The van der Waals surface area contributed by atoms with Gasteiger partial charge < -0.3 is 14.8 Å². The number of carbonyl (C=O) groups excluding carboxylic acids is 1. The topological polar surface area (TPSA) is 60.5 Å². The standard InChI is InChI=1S/C13H20N2O3/c1-6-13(3,18-5)12(16)15-10-7-9(2)11(17-4)14-8-10/h7-8H,6H2,1-5H3,(H,15,16)/t13-/m1/s1. The Balaban J connectivity index is 2.85. The molecule has 0 aromatic carbocycles. The molecule has 0 aliphatic rings. The summed E-state index contributed by atoms with van der Waals surface area (Å²) < 4.78 is 10.3. The van der Waals surface area contributed by atoms with E-state index in [1.807, 2.05) is 19.9 Å². The number of carbonyl (C=O) groups is 1. The van der Waals surface area contributed by atoms with E-state index >= 15 is 0 Å². The molecule has 0 aliphatic heterocycles. The molecule has 0 saturated carbocycles. The number of methoxy groups -OCH3 is 2. The highest BCUT2D eigenvalue weighted by atomic mass is 16.5. The lowest BCUT2D eigenvalue weighted by Gasteiger charge is -2.25. The highest BCUT2D eigenvalue weighted by molar-refractivity contribution is 5.96. The summed E-state index contributed by atoms with van der Waals surface area (Å²) in [6.45, 7) is 5.53. The maximum Gasteiger partial charge on any atom is 0.256 e. The SMILES string of the molecule is CC[C@@](C)(OC)C(=O)Nc1cnc(OC)c(C)c1. The number of rotatable bonds is 5. The van der Waals surface area contributed by atoms with Gasteiger partial charge >= 0.3 is 0 Å². The van der Waals surface area contributed by atoms with Gasteiger partial charge in [-0.2, -0.15) is 0 Å². The summed E-state index contributed by atoms with van der Waals surface area (Å²) >= 11 is 0. The number of nitrogens with one attached hydrogen (secondary N) is 1. The van der Waals surface area contributed by atoms with Crippen molar-refractivity contribution in [2.75, 3.05) is 19.5 Å². The molecule has 0 radical (unpaired) electrons. The van der Waals surface area contributed by atoms with Gasteiger partial charge in [-0.25, -0.2) is 4.98 Å². The molecule has 100 valence electrons. The van der Waals surface area contributed by atoms with E-state index in [1.165, 1.54) is 7.11 Å². The Morgan fingerprint density at radius 3 is 2.61 bits per heavy atom. The summed E-state index contributed by atoms with van der Waals surface area (Å²) in [7, 11) is 3.09. The van der Waals surface area contributed by atoms with E-state index in [0.29, 0.717) is 18.0 Å². The van der Waals surface area contributed by atoms with Gasteiger partial charge in [-0.15, -0.1) is 0 Å². The number of amides is 1. The third-order valence-corrected chi connectivity index (χ3v) is 3.09. The monoisotopic (exact) mass is 252 g/mol. The van der Waals surface area contributed by atoms with Crippen molar-refractivity contribution in [1.82, 2.24) is 4.98 Å². The molecular formula is C13H20N2O3. The van der Waals surface area contributed by atoms with Crippen molar-refractivity contribution < 1.29 is 14.3 Å². The molecule has 18 heavy (non-hydrogen) atoms. The molecule has 0 bridgehead atoms. The van der Waals surface area contributed by atoms with E-state index in [9.17, 15) is 4.79 Å². The summed E-state index contributed by atoms with van der Waals surface area (Å²) in [6.07, 6.45) is 2.16. The van der Waals surface area contributed by atoms with Crippen LogP contribution in [0.4, 0.5) is 5.69 Å². The normalized spacial score (nSPS) is 13.8. The van der Waals surface area contributed by atoms with Crippen molar-refractivity contribution in [3.8, 4) is 5.88 Å². The quantitative estimate of drug-likeness (QED) is 0.872. The molecule has 1 rings (SSSR count). The first kappa shape index (κ1) is 14.4. The minimum atomic E-state index is -0.826. The second-order valence-electron chi connectivity index (χ2n) is 4.29. The van der Waals surface area contributed by atoms with Crippen LogP contribution >= 0.6 is 0 Å². The molecule has 5 nitrogen and oxygen atoms in total. The van der Waals surface area contributed by atoms with E-state index in [0.717, 1.165) is 5.56 Å². The van der Waals surface area contributed by atoms with Gasteiger partial charge in [0.15, 0.2) is 0 Å². The van der Waals surface area contributed by atoms with Crippen LogP contribution in [0.2, 0.25) is 0 Å². The molecule has 1 aromatic rings. The van der Waals surface area contributed by atoms with Crippen LogP contribution in [0.1, 0.15) is 25.8 Å². The van der Waals surface area contributed by atoms with Crippen LogP contribution in [-0.2, 0) is 9.53 Å². The third kappa shape index (κ3) is 2.98. The summed E-state index contributed by atoms with van der Waals surface area (Å²) in [5, 5.41) is 2.79. The van der Waals surface area contributed by atoms with Gasteiger partial charge in [-0.1, -0.05) is 6.92 Å². The van der Waals surface area contributed by atoms with E-state index < -0.39 is 5.60 Å². The maximum atomic E-state index is 12.1. The van der Waals surface area contributed by atoms with E-state index in [4.69, 9.17) is 9.47 Å². The summed E-state index contributed by atoms with van der Waals surface area (Å²) in [5.41, 5.74) is 0.675. The van der Waals surface area contributed by atoms with E-state index in [-0.39, 0.29) is 5.91 Å². The molecule has 0 fully saturated rings. The molecule has 1 amide bonds. The number of anilines is 1. The van der Waals surface area contributed by atoms with Gasteiger partial charge in [0.1, 0.15) is 5.60 Å². The van der Waals surface area contributed by atoms with Crippen LogP contribution < -0.4 is 10.1 Å². The summed E-state index contributed by atoms with van der Waals surface area (Å²) in [5.74, 6) is 0.372. The lowest BCUT2D eigenvalue weighted by molar-refractivity contribution is -0.136. The Morgan fingerprint density at radius 2 is 2.17 bits per heavy atom. The highest BCUT2D eigenvalue weighted by Crippen LogP contribution is 2.21. The first-order chi connectivity index (χ1) is 8.46. The molecule has 0 spiro atoms. The Hall–Kier alpha value is -1.62. The number of nitrogens with zero attached hydrogens (tertiary/aromatic N) is 1. The smallest absolute Gasteiger partial charge is 0.256 e. The lowest BCUT2D eigenvalue weighted by atomic mass is 10.0. The van der Waals surface area contributed by atoms with Crippen molar-refractivity contribution in [1.29, 1.82) is 0 Å². The van der Waals surface area contributed by atoms with Crippen molar-refractivity contribution >= 4 is 11.6 Å². The Bertz CT molecular complexity index is 428. The van der Waals surface area contributed by atoms with E-state index in [2.05, 4.69) is 10.3 Å². The fraction of sp³-hybridized carbons (Fsp3) is 0.538. The molecule has 5 heteroatoms. The van der Waals surface area contributed by atoms with Gasteiger partial charge in [0.2, 0.25) is 5.88 Å². The second-order valence-corrected chi connectivity index (χ2v) is 4.29. The Kier molecular flexibility index (Phi) is 4.67. The molecule has 1 N–H and O–H groups in total. The van der Waals surface area contributed by atoms with Crippen LogP contribution in [0.5, 0.6) is 5.88 Å². The number of hydrogen-bond donors (Lipinski definition) is 1. The average molecular weight is 252 g/mol. The molecule has 1 atom stereocenters. The number of ether oxygens (including phenoxy) is 2.